The summed E-state index contributed by atoms with van der Waals surface area (Å²) in [5.74, 6) is -0.731. The van der Waals surface area contributed by atoms with Crippen LogP contribution in [-0.4, -0.2) is 28.4 Å². The second kappa shape index (κ2) is 4.30. The van der Waals surface area contributed by atoms with Crippen molar-refractivity contribution in [1.82, 2.24) is 0 Å². The minimum Gasteiger partial charge on any atom is -0.481 e. The molecule has 1 rings (SSSR count). The first-order valence-electron chi connectivity index (χ1n) is 4.27. The Morgan fingerprint density at radius 1 is 1.42 bits per heavy atom. The zero-order valence-electron chi connectivity index (χ0n) is 7.26. The molecule has 0 amide bonds. The SMILES string of the molecule is CC1(C)CCCCC1C(=O)O.[AlH3]. The Bertz CT molecular complexity index is 166. The average molecular weight is 186 g/mol. The van der Waals surface area contributed by atoms with Gasteiger partial charge in [0.2, 0.25) is 0 Å². The van der Waals surface area contributed by atoms with Crippen LogP contribution in [0.15, 0.2) is 0 Å². The van der Waals surface area contributed by atoms with Crippen LogP contribution in [0.3, 0.4) is 0 Å². The number of hydrogen-bond donors (Lipinski definition) is 1. The molecule has 0 bridgehead atoms. The van der Waals surface area contributed by atoms with Crippen LogP contribution in [0.25, 0.3) is 0 Å². The van der Waals surface area contributed by atoms with Gasteiger partial charge >= 0.3 is 5.97 Å². The van der Waals surface area contributed by atoms with Gasteiger partial charge < -0.3 is 5.11 Å². The Hall–Kier alpha value is 0.00247. The highest BCUT2D eigenvalue weighted by Crippen LogP contribution is 2.40. The lowest BCUT2D eigenvalue weighted by molar-refractivity contribution is -0.147. The lowest BCUT2D eigenvalue weighted by Crippen LogP contribution is -2.33. The number of hydrogen-bond acceptors (Lipinski definition) is 1. The fourth-order valence-electron chi connectivity index (χ4n) is 1.95. The second-order valence-corrected chi connectivity index (χ2v) is 4.13. The third-order valence-corrected chi connectivity index (χ3v) is 2.81. The molecule has 1 fully saturated rings. The van der Waals surface area contributed by atoms with Gasteiger partial charge in [0, 0.05) is 0 Å². The van der Waals surface area contributed by atoms with Gasteiger partial charge in [-0.25, -0.2) is 0 Å². The van der Waals surface area contributed by atoms with Gasteiger partial charge in [-0.3, -0.25) is 4.79 Å². The van der Waals surface area contributed by atoms with Crippen molar-refractivity contribution in [3.8, 4) is 0 Å². The molecule has 0 radical (unpaired) electrons. The van der Waals surface area contributed by atoms with Crippen LogP contribution in [0.2, 0.25) is 0 Å². The number of carbonyl (C=O) groups is 1. The predicted octanol–water partition coefficient (Wildman–Crippen LogP) is 1.10. The van der Waals surface area contributed by atoms with Gasteiger partial charge in [0.05, 0.1) is 5.92 Å². The minimum absolute atomic E-state index is 0. The third-order valence-electron chi connectivity index (χ3n) is 2.81. The summed E-state index contributed by atoms with van der Waals surface area (Å²) in [7, 11) is 0. The smallest absolute Gasteiger partial charge is 0.307 e. The molecule has 0 aliphatic heterocycles. The minimum atomic E-state index is -0.616. The van der Waals surface area contributed by atoms with E-state index in [0.717, 1.165) is 19.3 Å². The standard InChI is InChI=1S/C9H16O2.Al.3H/c1-9(2)6-4-3-5-7(9)8(10)11;;;;/h7H,3-6H2,1-2H3,(H,10,11);;;;. The first-order valence-corrected chi connectivity index (χ1v) is 4.27. The van der Waals surface area contributed by atoms with Crippen molar-refractivity contribution in [2.24, 2.45) is 11.3 Å². The highest BCUT2D eigenvalue weighted by molar-refractivity contribution is 5.75. The molecule has 0 aromatic heterocycles. The molecule has 0 spiro atoms. The van der Waals surface area contributed by atoms with E-state index in [1.165, 1.54) is 6.42 Å². The molecule has 2 nitrogen and oxygen atoms in total. The Morgan fingerprint density at radius 2 is 2.00 bits per heavy atom. The van der Waals surface area contributed by atoms with Crippen LogP contribution >= 0.6 is 0 Å². The molecule has 3 heteroatoms. The molecule has 1 unspecified atom stereocenters. The third kappa shape index (κ3) is 2.50. The summed E-state index contributed by atoms with van der Waals surface area (Å²) in [5.41, 5.74) is 0.0179. The van der Waals surface area contributed by atoms with Gasteiger partial charge in [-0.05, 0) is 18.3 Å². The molecule has 0 aromatic rings. The maximum atomic E-state index is 10.8. The summed E-state index contributed by atoms with van der Waals surface area (Å²) in [5, 5.41) is 8.87. The molecule has 12 heavy (non-hydrogen) atoms. The fourth-order valence-corrected chi connectivity index (χ4v) is 1.95. The van der Waals surface area contributed by atoms with Gasteiger partial charge in [-0.15, -0.1) is 0 Å². The van der Waals surface area contributed by atoms with E-state index in [2.05, 4.69) is 13.8 Å². The monoisotopic (exact) mass is 186 g/mol. The molecule has 0 saturated heterocycles. The highest BCUT2D eigenvalue weighted by atomic mass is 27.0. The van der Waals surface area contributed by atoms with Crippen molar-refractivity contribution < 1.29 is 9.90 Å². The summed E-state index contributed by atoms with van der Waals surface area (Å²) in [6, 6.07) is 0. The molecule has 1 aliphatic rings. The first kappa shape index (κ1) is 12.0. The van der Waals surface area contributed by atoms with Gasteiger partial charge in [-0.2, -0.15) is 0 Å². The van der Waals surface area contributed by atoms with Crippen molar-refractivity contribution in [3.05, 3.63) is 0 Å². The second-order valence-electron chi connectivity index (χ2n) is 4.13. The Balaban J connectivity index is 0.00000121. The van der Waals surface area contributed by atoms with E-state index in [9.17, 15) is 4.79 Å². The normalized spacial score (nSPS) is 27.3. The van der Waals surface area contributed by atoms with Crippen LogP contribution in [0, 0.1) is 11.3 Å². The predicted molar refractivity (Wildman–Crippen MR) is 53.3 cm³/mol. The van der Waals surface area contributed by atoms with Crippen molar-refractivity contribution in [2.45, 2.75) is 39.5 Å². The van der Waals surface area contributed by atoms with Crippen LogP contribution in [0.4, 0.5) is 0 Å². The van der Waals surface area contributed by atoms with Crippen LogP contribution < -0.4 is 0 Å². The zero-order chi connectivity index (χ0) is 8.48. The van der Waals surface area contributed by atoms with E-state index in [-0.39, 0.29) is 28.7 Å². The summed E-state index contributed by atoms with van der Waals surface area (Å²) in [6.45, 7) is 4.12. The van der Waals surface area contributed by atoms with Crippen LogP contribution in [-0.2, 0) is 4.79 Å². The van der Waals surface area contributed by atoms with E-state index in [0.29, 0.717) is 0 Å². The Labute approximate surface area is 84.5 Å². The first-order chi connectivity index (χ1) is 5.04. The van der Waals surface area contributed by atoms with E-state index in [4.69, 9.17) is 5.11 Å². The van der Waals surface area contributed by atoms with E-state index in [1.54, 1.807) is 0 Å². The highest BCUT2D eigenvalue weighted by Gasteiger charge is 2.36. The lowest BCUT2D eigenvalue weighted by Gasteiger charge is -2.35. The summed E-state index contributed by atoms with van der Waals surface area (Å²) < 4.78 is 0. The largest absolute Gasteiger partial charge is 0.481 e. The van der Waals surface area contributed by atoms with Gasteiger partial charge in [-0.1, -0.05) is 26.7 Å². The van der Waals surface area contributed by atoms with Crippen molar-refractivity contribution in [3.63, 3.8) is 0 Å². The number of carboxylic acid groups (broad SMARTS) is 1. The Morgan fingerprint density at radius 3 is 2.33 bits per heavy atom. The molecule has 1 saturated carbocycles. The van der Waals surface area contributed by atoms with Crippen molar-refractivity contribution >= 4 is 23.3 Å². The van der Waals surface area contributed by atoms with Crippen LogP contribution in [0.5, 0.6) is 0 Å². The molecule has 1 aliphatic carbocycles. The molecular weight excluding hydrogens is 167 g/mol. The fraction of sp³-hybridized carbons (Fsp3) is 0.889. The molecule has 0 aromatic carbocycles. The maximum absolute atomic E-state index is 10.8. The van der Waals surface area contributed by atoms with Crippen molar-refractivity contribution in [1.29, 1.82) is 0 Å². The summed E-state index contributed by atoms with van der Waals surface area (Å²) >= 11 is 0. The number of rotatable bonds is 1. The maximum Gasteiger partial charge on any atom is 0.307 e. The molecular formula is C9H19AlO2. The summed E-state index contributed by atoms with van der Waals surface area (Å²) in [6.07, 6.45) is 4.20. The van der Waals surface area contributed by atoms with E-state index in [1.807, 2.05) is 0 Å². The summed E-state index contributed by atoms with van der Waals surface area (Å²) in [4.78, 5) is 10.8. The zero-order valence-corrected chi connectivity index (χ0v) is 7.26. The van der Waals surface area contributed by atoms with E-state index >= 15 is 0 Å². The molecule has 1 N–H and O–H groups in total. The average Bonchev–Trinajstić information content (AvgIpc) is 1.85. The molecule has 1 atom stereocenters. The number of aliphatic carboxylic acids is 1. The number of carboxylic acids is 1. The van der Waals surface area contributed by atoms with Crippen LogP contribution in [0.1, 0.15) is 39.5 Å². The molecule has 0 heterocycles. The molecule has 70 valence electrons. The van der Waals surface area contributed by atoms with Gasteiger partial charge in [0.15, 0.2) is 17.4 Å². The lowest BCUT2D eigenvalue weighted by atomic mass is 9.69. The Kier molecular flexibility index (Phi) is 4.30. The van der Waals surface area contributed by atoms with E-state index < -0.39 is 5.97 Å². The quantitative estimate of drug-likeness (QED) is 0.623. The van der Waals surface area contributed by atoms with Gasteiger partial charge in [0.25, 0.3) is 0 Å². The van der Waals surface area contributed by atoms with Crippen molar-refractivity contribution in [2.75, 3.05) is 0 Å². The van der Waals surface area contributed by atoms with Gasteiger partial charge in [0.1, 0.15) is 0 Å². The topological polar surface area (TPSA) is 37.3 Å².